The van der Waals surface area contributed by atoms with Crippen molar-refractivity contribution in [3.8, 4) is 0 Å². The van der Waals surface area contributed by atoms with Crippen molar-refractivity contribution < 1.29 is 0 Å². The van der Waals surface area contributed by atoms with Crippen molar-refractivity contribution in [2.24, 2.45) is 0 Å². The maximum Gasteiger partial charge on any atom is 0.0168 e. The summed E-state index contributed by atoms with van der Waals surface area (Å²) in [5, 5.41) is 2.07. The van der Waals surface area contributed by atoms with E-state index in [2.05, 4.69) is 35.7 Å². The number of hydrogen-bond acceptors (Lipinski definition) is 1. The summed E-state index contributed by atoms with van der Waals surface area (Å²) in [6, 6.07) is 15.7. The van der Waals surface area contributed by atoms with E-state index < -0.39 is 0 Å². The lowest BCUT2D eigenvalue weighted by atomic mass is 10.1. The van der Waals surface area contributed by atoms with E-state index in [9.17, 15) is 0 Å². The van der Waals surface area contributed by atoms with Crippen LogP contribution >= 0.6 is 11.3 Å². The lowest BCUT2D eigenvalue weighted by molar-refractivity contribution is 1.24. The number of hydrogen-bond donors (Lipinski definition) is 0. The van der Waals surface area contributed by atoms with Gasteiger partial charge in [0.15, 0.2) is 0 Å². The first-order valence-electron chi connectivity index (χ1n) is 3.93. The van der Waals surface area contributed by atoms with Gasteiger partial charge in [-0.2, -0.15) is 0 Å². The van der Waals surface area contributed by atoms with E-state index in [0.717, 1.165) is 6.42 Å². The zero-order chi connectivity index (χ0) is 8.23. The molecule has 1 aromatic carbocycles. The third-order valence-corrected chi connectivity index (χ3v) is 2.55. The van der Waals surface area contributed by atoms with Crippen LogP contribution in [0.3, 0.4) is 0 Å². The van der Waals surface area contributed by atoms with Crippen LogP contribution in [0.4, 0.5) is 0 Å². The Labute approximate surface area is 76.5 Å². The van der Waals surface area contributed by atoms with Crippen molar-refractivity contribution in [3.63, 3.8) is 0 Å². The molecule has 0 amide bonds. The van der Waals surface area contributed by atoms with Crippen molar-refractivity contribution in [2.75, 3.05) is 0 Å². The minimum atomic E-state index is 1.01. The molecule has 0 aliphatic rings. The molecular weight excluding hydrogens is 164 g/mol. The van der Waals surface area contributed by atoms with Crippen molar-refractivity contribution in [3.05, 3.63) is 58.3 Å². The van der Waals surface area contributed by atoms with Gasteiger partial charge in [-0.25, -0.2) is 0 Å². The molecular formula is C11H9S. The second-order valence-electron chi connectivity index (χ2n) is 2.65. The van der Waals surface area contributed by atoms with Crippen LogP contribution in [0.2, 0.25) is 0 Å². The van der Waals surface area contributed by atoms with Gasteiger partial charge in [0, 0.05) is 11.3 Å². The Morgan fingerprint density at radius 2 is 2.00 bits per heavy atom. The van der Waals surface area contributed by atoms with Crippen LogP contribution < -0.4 is 0 Å². The number of rotatable bonds is 2. The number of thiophene rings is 1. The molecule has 0 N–H and O–H groups in total. The minimum Gasteiger partial charge on any atom is -0.148 e. The van der Waals surface area contributed by atoms with E-state index in [1.807, 2.05) is 12.1 Å². The van der Waals surface area contributed by atoms with Gasteiger partial charge in [0.05, 0.1) is 0 Å². The van der Waals surface area contributed by atoms with Crippen LogP contribution in [-0.4, -0.2) is 0 Å². The highest BCUT2D eigenvalue weighted by molar-refractivity contribution is 7.09. The van der Waals surface area contributed by atoms with Crippen LogP contribution in [0.25, 0.3) is 0 Å². The third-order valence-electron chi connectivity index (χ3n) is 1.73. The van der Waals surface area contributed by atoms with Crippen molar-refractivity contribution in [1.82, 2.24) is 0 Å². The van der Waals surface area contributed by atoms with Crippen molar-refractivity contribution >= 4 is 11.3 Å². The predicted octanol–water partition coefficient (Wildman–Crippen LogP) is 3.14. The quantitative estimate of drug-likeness (QED) is 0.654. The lowest BCUT2D eigenvalue weighted by Gasteiger charge is -1.95. The summed E-state index contributed by atoms with van der Waals surface area (Å²) in [5.74, 6) is 0. The van der Waals surface area contributed by atoms with Gasteiger partial charge in [0.1, 0.15) is 0 Å². The molecule has 1 heterocycles. The smallest absolute Gasteiger partial charge is 0.0168 e. The summed E-state index contributed by atoms with van der Waals surface area (Å²) in [7, 11) is 0. The molecule has 0 bridgehead atoms. The van der Waals surface area contributed by atoms with Crippen molar-refractivity contribution in [1.29, 1.82) is 0 Å². The van der Waals surface area contributed by atoms with Gasteiger partial charge in [-0.15, -0.1) is 11.3 Å². The normalized spacial score (nSPS) is 10.0. The molecule has 2 rings (SSSR count). The molecule has 0 atom stereocenters. The Kier molecular flexibility index (Phi) is 2.23. The molecule has 0 fully saturated rings. The van der Waals surface area contributed by atoms with E-state index in [0.29, 0.717) is 0 Å². The fourth-order valence-corrected chi connectivity index (χ4v) is 1.84. The highest BCUT2D eigenvalue weighted by Crippen LogP contribution is 2.13. The van der Waals surface area contributed by atoms with E-state index in [1.54, 1.807) is 11.3 Å². The fraction of sp³-hybridized carbons (Fsp3) is 0.0909. The molecule has 2 aromatic rings. The molecule has 59 valence electrons. The topological polar surface area (TPSA) is 0 Å². The van der Waals surface area contributed by atoms with Crippen molar-refractivity contribution in [2.45, 2.75) is 6.42 Å². The molecule has 0 nitrogen and oxygen atoms in total. The van der Waals surface area contributed by atoms with Gasteiger partial charge in [-0.3, -0.25) is 0 Å². The first-order chi connectivity index (χ1) is 5.95. The molecule has 0 spiro atoms. The first kappa shape index (κ1) is 7.56. The van der Waals surface area contributed by atoms with Gasteiger partial charge >= 0.3 is 0 Å². The molecule has 0 unspecified atom stereocenters. The van der Waals surface area contributed by atoms with Crippen LogP contribution in [0.1, 0.15) is 10.4 Å². The Morgan fingerprint density at radius 1 is 1.17 bits per heavy atom. The van der Waals surface area contributed by atoms with Crippen LogP contribution in [0.15, 0.2) is 41.8 Å². The zero-order valence-corrected chi connectivity index (χ0v) is 7.47. The first-order valence-corrected chi connectivity index (χ1v) is 4.81. The zero-order valence-electron chi connectivity index (χ0n) is 6.66. The average molecular weight is 173 g/mol. The summed E-state index contributed by atoms with van der Waals surface area (Å²) < 4.78 is 0. The molecule has 0 aliphatic carbocycles. The molecule has 1 aromatic heterocycles. The van der Waals surface area contributed by atoms with Crippen LogP contribution in [0, 0.1) is 6.07 Å². The Balaban J connectivity index is 2.15. The van der Waals surface area contributed by atoms with E-state index in [-0.39, 0.29) is 0 Å². The van der Waals surface area contributed by atoms with Crippen LogP contribution in [0.5, 0.6) is 0 Å². The molecule has 0 saturated heterocycles. The predicted molar refractivity (Wildman–Crippen MR) is 52.4 cm³/mol. The molecule has 1 radical (unpaired) electrons. The van der Waals surface area contributed by atoms with Gasteiger partial charge in [-0.1, -0.05) is 30.3 Å². The SMILES string of the molecule is [c]1ccsc1Cc1ccccc1. The summed E-state index contributed by atoms with van der Waals surface area (Å²) in [6.45, 7) is 0. The maximum atomic E-state index is 3.20. The Bertz CT molecular complexity index is 321. The highest BCUT2D eigenvalue weighted by Gasteiger charge is 1.94. The van der Waals surface area contributed by atoms with Crippen LogP contribution in [-0.2, 0) is 6.42 Å². The standard InChI is InChI=1S/C11H9S/c1-2-5-10(6-3-1)9-11-7-4-8-12-11/h1-6,8H,9H2. The van der Waals surface area contributed by atoms with E-state index in [1.165, 1.54) is 10.4 Å². The molecule has 1 heteroatoms. The second-order valence-corrected chi connectivity index (χ2v) is 3.65. The maximum absolute atomic E-state index is 3.20. The summed E-state index contributed by atoms with van der Waals surface area (Å²) in [6.07, 6.45) is 1.01. The minimum absolute atomic E-state index is 1.01. The molecule has 12 heavy (non-hydrogen) atoms. The summed E-state index contributed by atoms with van der Waals surface area (Å²) in [5.41, 5.74) is 1.36. The van der Waals surface area contributed by atoms with Gasteiger partial charge < -0.3 is 0 Å². The van der Waals surface area contributed by atoms with Gasteiger partial charge in [0.2, 0.25) is 0 Å². The Morgan fingerprint density at radius 3 is 2.67 bits per heavy atom. The fourth-order valence-electron chi connectivity index (χ4n) is 1.15. The summed E-state index contributed by atoms with van der Waals surface area (Å²) >= 11 is 1.76. The lowest BCUT2D eigenvalue weighted by Crippen LogP contribution is -1.82. The van der Waals surface area contributed by atoms with Gasteiger partial charge in [0.25, 0.3) is 0 Å². The largest absolute Gasteiger partial charge is 0.148 e. The highest BCUT2D eigenvalue weighted by atomic mass is 32.1. The Hall–Kier alpha value is -1.08. The average Bonchev–Trinajstić information content (AvgIpc) is 2.59. The molecule has 0 saturated carbocycles. The van der Waals surface area contributed by atoms with E-state index in [4.69, 9.17) is 0 Å². The third kappa shape index (κ3) is 1.74. The number of benzene rings is 1. The van der Waals surface area contributed by atoms with Gasteiger partial charge in [-0.05, 0) is 23.1 Å². The summed E-state index contributed by atoms with van der Waals surface area (Å²) in [4.78, 5) is 1.31. The monoisotopic (exact) mass is 173 g/mol. The van der Waals surface area contributed by atoms with E-state index >= 15 is 0 Å². The second kappa shape index (κ2) is 3.55. The molecule has 0 aliphatic heterocycles.